The fraction of sp³-hybridized carbons (Fsp3) is 0.235. The van der Waals surface area contributed by atoms with Crippen molar-refractivity contribution in [3.05, 3.63) is 54.2 Å². The molecule has 124 valence electrons. The number of benzene rings is 1. The highest BCUT2D eigenvalue weighted by Gasteiger charge is 2.14. The molecule has 1 aromatic carbocycles. The molecule has 2 amide bonds. The number of amides is 2. The molecular weight excluding hydrogens is 308 g/mol. The maximum atomic E-state index is 12.3. The van der Waals surface area contributed by atoms with Crippen LogP contribution in [0.15, 0.2) is 47.1 Å². The van der Waals surface area contributed by atoms with E-state index >= 15 is 0 Å². The van der Waals surface area contributed by atoms with Crippen molar-refractivity contribution in [2.45, 2.75) is 26.6 Å². The lowest BCUT2D eigenvalue weighted by molar-refractivity contribution is -0.121. The van der Waals surface area contributed by atoms with E-state index in [-0.39, 0.29) is 24.9 Å². The van der Waals surface area contributed by atoms with Crippen LogP contribution in [0.1, 0.15) is 18.5 Å². The highest BCUT2D eigenvalue weighted by molar-refractivity contribution is 5.81. The predicted molar refractivity (Wildman–Crippen MR) is 87.8 cm³/mol. The number of fused-ring (bicyclic) bond motifs is 1. The number of para-hydroxylation sites is 2. The van der Waals surface area contributed by atoms with Crippen LogP contribution >= 0.6 is 0 Å². The number of nitrogens with one attached hydrogen (secondary N) is 2. The van der Waals surface area contributed by atoms with Gasteiger partial charge in [0.05, 0.1) is 30.4 Å². The van der Waals surface area contributed by atoms with Gasteiger partial charge in [-0.15, -0.1) is 0 Å². The minimum Gasteiger partial charge on any atom is -0.467 e. The van der Waals surface area contributed by atoms with Crippen LogP contribution in [0, 0.1) is 0 Å². The molecule has 7 nitrogen and oxygen atoms in total. The van der Waals surface area contributed by atoms with E-state index in [0.29, 0.717) is 18.1 Å². The van der Waals surface area contributed by atoms with Crippen molar-refractivity contribution >= 4 is 22.8 Å². The lowest BCUT2D eigenvalue weighted by atomic mass is 10.3. The number of aromatic nitrogens is 2. The standard InChI is InChI=1S/C17H18N4O3/c1-12(22)18-10-16-20-14-6-2-3-7-15(14)21(16)11-17(23)19-9-13-5-4-8-24-13/h2-8H,9-11H2,1H3,(H,18,22)(H,19,23). The molecule has 0 saturated carbocycles. The highest BCUT2D eigenvalue weighted by Crippen LogP contribution is 2.16. The lowest BCUT2D eigenvalue weighted by Crippen LogP contribution is -2.29. The van der Waals surface area contributed by atoms with Gasteiger partial charge in [-0.05, 0) is 24.3 Å². The molecule has 7 heteroatoms. The lowest BCUT2D eigenvalue weighted by Gasteiger charge is -2.10. The van der Waals surface area contributed by atoms with Crippen LogP contribution in [-0.4, -0.2) is 21.4 Å². The third-order valence-corrected chi connectivity index (χ3v) is 3.57. The molecule has 0 atom stereocenters. The van der Waals surface area contributed by atoms with Crippen molar-refractivity contribution in [3.8, 4) is 0 Å². The molecule has 0 saturated heterocycles. The Morgan fingerprint density at radius 3 is 2.71 bits per heavy atom. The van der Waals surface area contributed by atoms with E-state index in [1.165, 1.54) is 6.92 Å². The Bertz CT molecular complexity index is 852. The third-order valence-electron chi connectivity index (χ3n) is 3.57. The Kier molecular flexibility index (Phi) is 4.60. The summed E-state index contributed by atoms with van der Waals surface area (Å²) < 4.78 is 7.00. The van der Waals surface area contributed by atoms with Gasteiger partial charge in [-0.1, -0.05) is 12.1 Å². The number of carbonyl (C=O) groups is 2. The van der Waals surface area contributed by atoms with Crippen LogP contribution < -0.4 is 10.6 Å². The Morgan fingerprint density at radius 1 is 1.12 bits per heavy atom. The third kappa shape index (κ3) is 3.62. The Hall–Kier alpha value is -3.09. The molecule has 0 bridgehead atoms. The van der Waals surface area contributed by atoms with Crippen molar-refractivity contribution in [2.75, 3.05) is 0 Å². The first-order valence-corrected chi connectivity index (χ1v) is 7.61. The Morgan fingerprint density at radius 2 is 1.96 bits per heavy atom. The smallest absolute Gasteiger partial charge is 0.240 e. The number of hydrogen-bond donors (Lipinski definition) is 2. The summed E-state index contributed by atoms with van der Waals surface area (Å²) in [7, 11) is 0. The topological polar surface area (TPSA) is 89.2 Å². The van der Waals surface area contributed by atoms with Gasteiger partial charge in [0, 0.05) is 6.92 Å². The van der Waals surface area contributed by atoms with Gasteiger partial charge in [-0.25, -0.2) is 4.98 Å². The van der Waals surface area contributed by atoms with Crippen LogP contribution in [0.3, 0.4) is 0 Å². The SMILES string of the molecule is CC(=O)NCc1nc2ccccc2n1CC(=O)NCc1ccco1. The summed E-state index contributed by atoms with van der Waals surface area (Å²) >= 11 is 0. The largest absolute Gasteiger partial charge is 0.467 e. The van der Waals surface area contributed by atoms with E-state index in [2.05, 4.69) is 15.6 Å². The zero-order valence-corrected chi connectivity index (χ0v) is 13.3. The average molecular weight is 326 g/mol. The van der Waals surface area contributed by atoms with Crippen LogP contribution in [-0.2, 0) is 29.2 Å². The van der Waals surface area contributed by atoms with Gasteiger partial charge in [-0.2, -0.15) is 0 Å². The molecule has 2 N–H and O–H groups in total. The van der Waals surface area contributed by atoms with Crippen LogP contribution in [0.5, 0.6) is 0 Å². The van der Waals surface area contributed by atoms with Gasteiger partial charge in [0.2, 0.25) is 11.8 Å². The summed E-state index contributed by atoms with van der Waals surface area (Å²) in [5.74, 6) is 1.03. The second-order valence-electron chi connectivity index (χ2n) is 5.37. The Balaban J connectivity index is 1.77. The molecule has 2 aromatic heterocycles. The molecule has 0 spiro atoms. The minimum absolute atomic E-state index is 0.121. The number of rotatable bonds is 6. The molecule has 0 radical (unpaired) electrons. The summed E-state index contributed by atoms with van der Waals surface area (Å²) in [6.45, 7) is 2.17. The maximum Gasteiger partial charge on any atom is 0.240 e. The molecule has 24 heavy (non-hydrogen) atoms. The summed E-state index contributed by atoms with van der Waals surface area (Å²) in [5, 5.41) is 5.53. The normalized spacial score (nSPS) is 10.7. The van der Waals surface area contributed by atoms with Gasteiger partial charge in [0.15, 0.2) is 0 Å². The van der Waals surface area contributed by atoms with E-state index in [0.717, 1.165) is 11.0 Å². The molecule has 0 fully saturated rings. The van der Waals surface area contributed by atoms with E-state index in [4.69, 9.17) is 4.42 Å². The number of hydrogen-bond acceptors (Lipinski definition) is 4. The first-order chi connectivity index (χ1) is 11.6. The molecule has 0 aliphatic heterocycles. The van der Waals surface area contributed by atoms with E-state index in [1.54, 1.807) is 18.4 Å². The number of nitrogens with zero attached hydrogens (tertiary/aromatic N) is 2. The van der Waals surface area contributed by atoms with Crippen LogP contribution in [0.4, 0.5) is 0 Å². The first kappa shape index (κ1) is 15.8. The number of carbonyl (C=O) groups excluding carboxylic acids is 2. The fourth-order valence-electron chi connectivity index (χ4n) is 2.44. The molecule has 0 unspecified atom stereocenters. The second kappa shape index (κ2) is 6.99. The summed E-state index contributed by atoms with van der Waals surface area (Å²) in [4.78, 5) is 27.9. The van der Waals surface area contributed by atoms with Crippen molar-refractivity contribution in [1.82, 2.24) is 20.2 Å². The van der Waals surface area contributed by atoms with Gasteiger partial charge in [0.25, 0.3) is 0 Å². The van der Waals surface area contributed by atoms with E-state index < -0.39 is 0 Å². The van der Waals surface area contributed by atoms with Crippen molar-refractivity contribution in [2.24, 2.45) is 0 Å². The van der Waals surface area contributed by atoms with E-state index in [1.807, 2.05) is 28.8 Å². The summed E-state index contributed by atoms with van der Waals surface area (Å²) in [6, 6.07) is 11.1. The van der Waals surface area contributed by atoms with Gasteiger partial charge in [-0.3, -0.25) is 9.59 Å². The molecule has 3 aromatic rings. The van der Waals surface area contributed by atoms with Crippen molar-refractivity contribution in [3.63, 3.8) is 0 Å². The summed E-state index contributed by atoms with van der Waals surface area (Å²) in [5.41, 5.74) is 1.64. The van der Waals surface area contributed by atoms with Crippen molar-refractivity contribution < 1.29 is 14.0 Å². The molecular formula is C17H18N4O3. The maximum absolute atomic E-state index is 12.3. The quantitative estimate of drug-likeness (QED) is 0.720. The van der Waals surface area contributed by atoms with Crippen LogP contribution in [0.25, 0.3) is 11.0 Å². The minimum atomic E-state index is -0.154. The first-order valence-electron chi connectivity index (χ1n) is 7.61. The molecule has 3 rings (SSSR count). The van der Waals surface area contributed by atoms with Gasteiger partial charge < -0.3 is 19.6 Å². The predicted octanol–water partition coefficient (Wildman–Crippen LogP) is 1.58. The molecule has 2 heterocycles. The zero-order valence-electron chi connectivity index (χ0n) is 13.3. The van der Waals surface area contributed by atoms with Gasteiger partial charge in [0.1, 0.15) is 18.1 Å². The summed E-state index contributed by atoms with van der Waals surface area (Å²) in [6.07, 6.45) is 1.57. The van der Waals surface area contributed by atoms with E-state index in [9.17, 15) is 9.59 Å². The molecule has 0 aliphatic carbocycles. The number of furan rings is 1. The number of imidazole rings is 1. The highest BCUT2D eigenvalue weighted by atomic mass is 16.3. The average Bonchev–Trinajstić information content (AvgIpc) is 3.19. The monoisotopic (exact) mass is 326 g/mol. The Labute approximate surface area is 138 Å². The van der Waals surface area contributed by atoms with Crippen molar-refractivity contribution in [1.29, 1.82) is 0 Å². The molecule has 0 aliphatic rings. The van der Waals surface area contributed by atoms with Gasteiger partial charge >= 0.3 is 0 Å². The zero-order chi connectivity index (χ0) is 16.9. The van der Waals surface area contributed by atoms with Crippen LogP contribution in [0.2, 0.25) is 0 Å². The second-order valence-corrected chi connectivity index (χ2v) is 5.37. The fourth-order valence-corrected chi connectivity index (χ4v) is 2.44.